The highest BCUT2D eigenvalue weighted by atomic mass is 16.5. The summed E-state index contributed by atoms with van der Waals surface area (Å²) < 4.78 is 7.08. The molecule has 10 nitrogen and oxygen atoms in total. The highest BCUT2D eigenvalue weighted by Gasteiger charge is 2.38. The predicted molar refractivity (Wildman–Crippen MR) is 131 cm³/mol. The van der Waals surface area contributed by atoms with Crippen LogP contribution in [0, 0.1) is 19.8 Å². The summed E-state index contributed by atoms with van der Waals surface area (Å²) in [5, 5.41) is 4.51. The molecule has 1 atom stereocenters. The van der Waals surface area contributed by atoms with Gasteiger partial charge in [0.2, 0.25) is 11.8 Å². The Bertz CT molecular complexity index is 1250. The molecule has 182 valence electrons. The maximum absolute atomic E-state index is 13.2. The standard InChI is InChI=1S/C25H29N7O3/c1-17-11-18(2)32(28-17)23-14-22(26-16-27-23)29-7-9-30(10-8-29)25(34)19-12-24(33)31(15-19)20-5-4-6-21(13-20)35-3/h4-6,11,13-14,16,19H,7-10,12,15H2,1-3H3. The van der Waals surface area contributed by atoms with E-state index in [4.69, 9.17) is 4.74 Å². The molecule has 2 aromatic heterocycles. The van der Waals surface area contributed by atoms with Gasteiger partial charge in [0.1, 0.15) is 17.9 Å². The number of methoxy groups -OCH3 is 1. The van der Waals surface area contributed by atoms with Gasteiger partial charge in [0.15, 0.2) is 5.82 Å². The monoisotopic (exact) mass is 475 g/mol. The number of aryl methyl sites for hydroxylation is 2. The van der Waals surface area contributed by atoms with E-state index in [1.54, 1.807) is 18.3 Å². The Kier molecular flexibility index (Phi) is 6.10. The van der Waals surface area contributed by atoms with Crippen LogP contribution in [0.1, 0.15) is 17.8 Å². The van der Waals surface area contributed by atoms with Gasteiger partial charge in [-0.15, -0.1) is 0 Å². The van der Waals surface area contributed by atoms with E-state index in [2.05, 4.69) is 20.0 Å². The molecule has 2 aliphatic heterocycles. The number of aromatic nitrogens is 4. The fraction of sp³-hybridized carbons (Fsp3) is 0.400. The van der Waals surface area contributed by atoms with Gasteiger partial charge in [-0.3, -0.25) is 9.59 Å². The van der Waals surface area contributed by atoms with Gasteiger partial charge in [0.25, 0.3) is 0 Å². The van der Waals surface area contributed by atoms with Crippen LogP contribution in [0.25, 0.3) is 5.82 Å². The predicted octanol–water partition coefficient (Wildman–Crippen LogP) is 1.99. The van der Waals surface area contributed by atoms with Crippen molar-refractivity contribution >= 4 is 23.3 Å². The Morgan fingerprint density at radius 1 is 1.03 bits per heavy atom. The van der Waals surface area contributed by atoms with Crippen LogP contribution in [0.4, 0.5) is 11.5 Å². The van der Waals surface area contributed by atoms with Gasteiger partial charge in [-0.25, -0.2) is 14.6 Å². The Balaban J connectivity index is 1.21. The molecule has 0 radical (unpaired) electrons. The summed E-state index contributed by atoms with van der Waals surface area (Å²) in [5.74, 6) is 1.89. The summed E-state index contributed by atoms with van der Waals surface area (Å²) >= 11 is 0. The lowest BCUT2D eigenvalue weighted by atomic mass is 10.1. The van der Waals surface area contributed by atoms with Crippen LogP contribution in [-0.2, 0) is 9.59 Å². The number of rotatable bonds is 5. The molecule has 5 rings (SSSR count). The van der Waals surface area contributed by atoms with Crippen molar-refractivity contribution in [1.29, 1.82) is 0 Å². The topological polar surface area (TPSA) is 96.7 Å². The smallest absolute Gasteiger partial charge is 0.228 e. The minimum Gasteiger partial charge on any atom is -0.497 e. The van der Waals surface area contributed by atoms with Gasteiger partial charge in [-0.2, -0.15) is 5.10 Å². The molecular formula is C25H29N7O3. The van der Waals surface area contributed by atoms with E-state index < -0.39 is 0 Å². The normalized spacial score (nSPS) is 18.3. The van der Waals surface area contributed by atoms with Crippen molar-refractivity contribution in [3.8, 4) is 11.6 Å². The molecule has 2 amide bonds. The van der Waals surface area contributed by atoms with Crippen LogP contribution in [0.3, 0.4) is 0 Å². The zero-order chi connectivity index (χ0) is 24.5. The number of nitrogens with zero attached hydrogens (tertiary/aromatic N) is 7. The fourth-order valence-corrected chi connectivity index (χ4v) is 4.80. The summed E-state index contributed by atoms with van der Waals surface area (Å²) in [4.78, 5) is 40.4. The Morgan fingerprint density at radius 2 is 1.80 bits per heavy atom. The maximum atomic E-state index is 13.2. The van der Waals surface area contributed by atoms with Crippen molar-refractivity contribution in [2.45, 2.75) is 20.3 Å². The average Bonchev–Trinajstić information content (AvgIpc) is 3.44. The van der Waals surface area contributed by atoms with Gasteiger partial charge >= 0.3 is 0 Å². The lowest BCUT2D eigenvalue weighted by Crippen LogP contribution is -2.51. The van der Waals surface area contributed by atoms with Crippen molar-refractivity contribution in [1.82, 2.24) is 24.6 Å². The second kappa shape index (κ2) is 9.36. The molecule has 0 N–H and O–H groups in total. The molecule has 1 unspecified atom stereocenters. The van der Waals surface area contributed by atoms with Gasteiger partial charge in [-0.05, 0) is 32.0 Å². The molecule has 35 heavy (non-hydrogen) atoms. The lowest BCUT2D eigenvalue weighted by molar-refractivity contribution is -0.136. The summed E-state index contributed by atoms with van der Waals surface area (Å²) in [6, 6.07) is 11.3. The molecule has 2 aliphatic rings. The largest absolute Gasteiger partial charge is 0.497 e. The highest BCUT2D eigenvalue weighted by molar-refractivity contribution is 6.00. The van der Waals surface area contributed by atoms with Crippen LogP contribution in [0.2, 0.25) is 0 Å². The number of ether oxygens (including phenoxy) is 1. The van der Waals surface area contributed by atoms with Crippen molar-refractivity contribution in [3.63, 3.8) is 0 Å². The second-order valence-corrected chi connectivity index (χ2v) is 8.99. The SMILES string of the molecule is COc1cccc(N2CC(C(=O)N3CCN(c4cc(-n5nc(C)cc5C)ncn4)CC3)CC2=O)c1. The first-order chi connectivity index (χ1) is 16.9. The number of carbonyl (C=O) groups excluding carboxylic acids is 2. The third kappa shape index (κ3) is 4.55. The van der Waals surface area contributed by atoms with E-state index in [-0.39, 0.29) is 24.2 Å². The van der Waals surface area contributed by atoms with Crippen LogP contribution in [0.5, 0.6) is 5.75 Å². The first-order valence-corrected chi connectivity index (χ1v) is 11.8. The van der Waals surface area contributed by atoms with Crippen LogP contribution < -0.4 is 14.5 Å². The third-order valence-corrected chi connectivity index (χ3v) is 6.62. The van der Waals surface area contributed by atoms with E-state index in [0.717, 1.165) is 28.7 Å². The number of anilines is 2. The van der Waals surface area contributed by atoms with Gasteiger partial charge in [0.05, 0.1) is 18.7 Å². The average molecular weight is 476 g/mol. The molecule has 2 fully saturated rings. The van der Waals surface area contributed by atoms with Crippen LogP contribution >= 0.6 is 0 Å². The lowest BCUT2D eigenvalue weighted by Gasteiger charge is -2.36. The summed E-state index contributed by atoms with van der Waals surface area (Å²) in [7, 11) is 1.60. The Hall–Kier alpha value is -3.95. The van der Waals surface area contributed by atoms with Gasteiger partial charge in [-0.1, -0.05) is 6.07 Å². The molecule has 1 aromatic carbocycles. The molecular weight excluding hydrogens is 446 g/mol. The number of hydrogen-bond acceptors (Lipinski definition) is 7. The highest BCUT2D eigenvalue weighted by Crippen LogP contribution is 2.29. The molecule has 0 bridgehead atoms. The zero-order valence-corrected chi connectivity index (χ0v) is 20.2. The van der Waals surface area contributed by atoms with Gasteiger partial charge < -0.3 is 19.4 Å². The van der Waals surface area contributed by atoms with E-state index in [9.17, 15) is 9.59 Å². The number of benzene rings is 1. The van der Waals surface area contributed by atoms with Crippen molar-refractivity contribution in [2.24, 2.45) is 5.92 Å². The molecule has 4 heterocycles. The van der Waals surface area contributed by atoms with E-state index >= 15 is 0 Å². The summed E-state index contributed by atoms with van der Waals surface area (Å²) in [6.07, 6.45) is 1.78. The zero-order valence-electron chi connectivity index (χ0n) is 20.2. The summed E-state index contributed by atoms with van der Waals surface area (Å²) in [6.45, 7) is 6.84. The fourth-order valence-electron chi connectivity index (χ4n) is 4.80. The molecule has 0 aliphatic carbocycles. The van der Waals surface area contributed by atoms with Crippen molar-refractivity contribution in [3.05, 3.63) is 54.1 Å². The van der Waals surface area contributed by atoms with E-state index in [0.29, 0.717) is 38.5 Å². The first-order valence-electron chi connectivity index (χ1n) is 11.8. The van der Waals surface area contributed by atoms with Crippen molar-refractivity contribution in [2.75, 3.05) is 49.6 Å². The van der Waals surface area contributed by atoms with Crippen LogP contribution in [-0.4, -0.2) is 76.3 Å². The second-order valence-electron chi connectivity index (χ2n) is 8.99. The number of piperazine rings is 1. The molecule has 2 saturated heterocycles. The minimum absolute atomic E-state index is 0.0343. The molecule has 10 heteroatoms. The molecule has 3 aromatic rings. The molecule has 0 saturated carbocycles. The van der Waals surface area contributed by atoms with Gasteiger partial charge in [0, 0.05) is 62.7 Å². The number of hydrogen-bond donors (Lipinski definition) is 0. The van der Waals surface area contributed by atoms with Crippen molar-refractivity contribution < 1.29 is 14.3 Å². The molecule has 0 spiro atoms. The summed E-state index contributed by atoms with van der Waals surface area (Å²) in [5.41, 5.74) is 2.71. The minimum atomic E-state index is -0.336. The Labute approximate surface area is 204 Å². The quantitative estimate of drug-likeness (QED) is 0.557. The third-order valence-electron chi connectivity index (χ3n) is 6.62. The maximum Gasteiger partial charge on any atom is 0.228 e. The van der Waals surface area contributed by atoms with E-state index in [1.807, 2.05) is 59.8 Å². The van der Waals surface area contributed by atoms with E-state index in [1.165, 1.54) is 0 Å². The van der Waals surface area contributed by atoms with Crippen LogP contribution in [0.15, 0.2) is 42.7 Å². The number of carbonyl (C=O) groups is 2. The number of amides is 2. The Morgan fingerprint density at radius 3 is 2.51 bits per heavy atom. The first kappa shape index (κ1) is 22.8.